The minimum atomic E-state index is 0.420. The second kappa shape index (κ2) is 15.7. The molecule has 0 unspecified atom stereocenters. The van der Waals surface area contributed by atoms with Gasteiger partial charge in [0.05, 0.1) is 51.0 Å². The average Bonchev–Trinajstić information content (AvgIpc) is 4.14. The largest absolute Gasteiger partial charge is 0.310 e. The lowest BCUT2D eigenvalue weighted by atomic mass is 9.94. The lowest BCUT2D eigenvalue weighted by Crippen LogP contribution is -2.05. The molecule has 69 heavy (non-hydrogen) atoms. The van der Waals surface area contributed by atoms with E-state index in [9.17, 15) is 0 Å². The van der Waals surface area contributed by atoms with E-state index in [0.717, 1.165) is 87.0 Å². The predicted octanol–water partition coefficient (Wildman–Crippen LogP) is 15.3. The highest BCUT2D eigenvalue weighted by molar-refractivity contribution is 6.13. The molecule has 0 spiro atoms. The molecule has 0 amide bonds. The number of para-hydroxylation sites is 5. The molecule has 0 N–H and O–H groups in total. The van der Waals surface area contributed by atoms with Crippen molar-refractivity contribution >= 4 is 90.1 Å². The van der Waals surface area contributed by atoms with Crippen LogP contribution in [0.25, 0.3) is 100 Å². The van der Waals surface area contributed by atoms with Gasteiger partial charge >= 0.3 is 0 Å². The molecule has 2 aliphatic rings. The molecule has 8 aromatic carbocycles. The lowest BCUT2D eigenvalue weighted by Gasteiger charge is -2.18. The first-order valence-corrected chi connectivity index (χ1v) is 24.1. The molecular formula is C63H46N6. The first-order valence-electron chi connectivity index (χ1n) is 24.1. The van der Waals surface area contributed by atoms with Gasteiger partial charge in [0, 0.05) is 60.6 Å². The van der Waals surface area contributed by atoms with Gasteiger partial charge in [-0.25, -0.2) is 4.99 Å². The third-order valence-electron chi connectivity index (χ3n) is 14.7. The zero-order chi connectivity index (χ0) is 45.6. The Balaban J connectivity index is 0.934. The van der Waals surface area contributed by atoms with Gasteiger partial charge in [-0.1, -0.05) is 121 Å². The average molecular weight is 887 g/mol. The molecule has 0 atom stereocenters. The fraction of sp³-hybridized carbons (Fsp3) is 0.0794. The van der Waals surface area contributed by atoms with Gasteiger partial charge in [-0.15, -0.1) is 0 Å². The van der Waals surface area contributed by atoms with E-state index in [0.29, 0.717) is 12.4 Å². The Labute approximate surface area is 399 Å². The molecule has 0 saturated heterocycles. The van der Waals surface area contributed by atoms with Gasteiger partial charge in [-0.3, -0.25) is 4.99 Å². The van der Waals surface area contributed by atoms with Crippen molar-refractivity contribution in [2.24, 2.45) is 9.98 Å². The summed E-state index contributed by atoms with van der Waals surface area (Å²) in [5.74, 6) is 0.606. The lowest BCUT2D eigenvalue weighted by molar-refractivity contribution is 0.922. The standard InChI is InChI=1S/C63H46N6/c1-64-63(42-17-16-18-43(38-42)66-53-26-9-2-19-45(53)46-20-3-10-27-54(46)66)65-40-41-33-35-61(62(37-41)69-57-30-13-6-23-49(57)50-24-7-14-31-58(50)69)68-59-32-15-8-25-51(59)52-39-44(34-36-60(52)68)67-55-28-11-4-21-47(55)48-22-5-12-29-56(48)67/h2-3,6-20,23-39H,1,4-5,21-22,40H2. The number of hydrogen-bond acceptors (Lipinski definition) is 1. The molecule has 328 valence electrons. The molecule has 12 aromatic rings. The van der Waals surface area contributed by atoms with Crippen molar-refractivity contribution < 1.29 is 0 Å². The molecule has 6 heteroatoms. The Morgan fingerprint density at radius 2 is 0.913 bits per heavy atom. The summed E-state index contributed by atoms with van der Waals surface area (Å²) in [5, 5.41) is 7.35. The highest BCUT2D eigenvalue weighted by atomic mass is 15.1. The number of hydrogen-bond donors (Lipinski definition) is 0. The van der Waals surface area contributed by atoms with Crippen molar-refractivity contribution in [2.75, 3.05) is 0 Å². The molecule has 0 aliphatic heterocycles. The van der Waals surface area contributed by atoms with E-state index in [1.54, 1.807) is 0 Å². The Bertz CT molecular complexity index is 4050. The van der Waals surface area contributed by atoms with Crippen molar-refractivity contribution in [1.29, 1.82) is 0 Å². The van der Waals surface area contributed by atoms with Crippen LogP contribution >= 0.6 is 0 Å². The Hall–Kier alpha value is -8.74. The SMILES string of the molecule is C=NC(=NCc1ccc(-n2c3ccccc3c3cc(-n4c5c(c6c4C=CCC6)CCC=C5)ccc32)c(-n2c3ccccc3c3ccccc32)c1)c1cccc(-n2c3ccccc3c3ccccc32)c1. The van der Waals surface area contributed by atoms with Crippen LogP contribution in [0, 0.1) is 0 Å². The summed E-state index contributed by atoms with van der Waals surface area (Å²) >= 11 is 0. The van der Waals surface area contributed by atoms with Gasteiger partial charge in [0.15, 0.2) is 5.84 Å². The summed E-state index contributed by atoms with van der Waals surface area (Å²) in [7, 11) is 0. The normalized spacial score (nSPS) is 13.7. The smallest absolute Gasteiger partial charge is 0.154 e. The molecule has 4 heterocycles. The van der Waals surface area contributed by atoms with Crippen LogP contribution in [-0.2, 0) is 19.4 Å². The summed E-state index contributed by atoms with van der Waals surface area (Å²) in [6.45, 7) is 4.46. The summed E-state index contributed by atoms with van der Waals surface area (Å²) in [4.78, 5) is 9.76. The summed E-state index contributed by atoms with van der Waals surface area (Å²) in [5.41, 5.74) is 19.1. The highest BCUT2D eigenvalue weighted by Crippen LogP contribution is 2.41. The van der Waals surface area contributed by atoms with Crippen LogP contribution in [0.3, 0.4) is 0 Å². The highest BCUT2D eigenvalue weighted by Gasteiger charge is 2.25. The maximum absolute atomic E-state index is 5.21. The van der Waals surface area contributed by atoms with E-state index < -0.39 is 0 Å². The van der Waals surface area contributed by atoms with Gasteiger partial charge < -0.3 is 18.3 Å². The first-order chi connectivity index (χ1) is 34.2. The number of allylic oxidation sites excluding steroid dienone is 2. The van der Waals surface area contributed by atoms with E-state index in [2.05, 4.69) is 236 Å². The van der Waals surface area contributed by atoms with Gasteiger partial charge in [0.1, 0.15) is 0 Å². The molecule has 2 aliphatic carbocycles. The first kappa shape index (κ1) is 39.4. The van der Waals surface area contributed by atoms with Crippen LogP contribution in [0.15, 0.2) is 204 Å². The fourth-order valence-corrected chi connectivity index (χ4v) is 11.7. The van der Waals surface area contributed by atoms with Crippen molar-refractivity contribution in [3.8, 4) is 22.7 Å². The number of nitrogens with zero attached hydrogens (tertiary/aromatic N) is 6. The predicted molar refractivity (Wildman–Crippen MR) is 290 cm³/mol. The molecule has 0 bridgehead atoms. The topological polar surface area (TPSA) is 44.4 Å². The summed E-state index contributed by atoms with van der Waals surface area (Å²) < 4.78 is 9.75. The maximum Gasteiger partial charge on any atom is 0.154 e. The van der Waals surface area contributed by atoms with E-state index in [1.165, 1.54) is 60.5 Å². The second-order valence-corrected chi connectivity index (χ2v) is 18.4. The number of rotatable bonds is 7. The Morgan fingerprint density at radius 3 is 1.48 bits per heavy atom. The van der Waals surface area contributed by atoms with E-state index in [1.807, 2.05) is 0 Å². The number of fused-ring (bicyclic) bond motifs is 12. The minimum Gasteiger partial charge on any atom is -0.310 e. The zero-order valence-electron chi connectivity index (χ0n) is 38.1. The van der Waals surface area contributed by atoms with Gasteiger partial charge in [-0.05, 0) is 134 Å². The molecule has 6 nitrogen and oxygen atoms in total. The Kier molecular flexibility index (Phi) is 8.96. The molecular weight excluding hydrogens is 841 g/mol. The summed E-state index contributed by atoms with van der Waals surface area (Å²) in [6.07, 6.45) is 13.8. The van der Waals surface area contributed by atoms with Crippen LogP contribution < -0.4 is 0 Å². The van der Waals surface area contributed by atoms with Crippen LogP contribution in [0.2, 0.25) is 0 Å². The fourth-order valence-electron chi connectivity index (χ4n) is 11.7. The van der Waals surface area contributed by atoms with Crippen LogP contribution in [-0.4, -0.2) is 30.8 Å². The van der Waals surface area contributed by atoms with E-state index >= 15 is 0 Å². The third-order valence-corrected chi connectivity index (χ3v) is 14.7. The van der Waals surface area contributed by atoms with Crippen LogP contribution in [0.4, 0.5) is 0 Å². The second-order valence-electron chi connectivity index (χ2n) is 18.4. The third kappa shape index (κ3) is 6.05. The zero-order valence-corrected chi connectivity index (χ0v) is 38.1. The maximum atomic E-state index is 5.21. The van der Waals surface area contributed by atoms with Crippen LogP contribution in [0.5, 0.6) is 0 Å². The minimum absolute atomic E-state index is 0.420. The van der Waals surface area contributed by atoms with Gasteiger partial charge in [-0.2, -0.15) is 0 Å². The molecule has 4 aromatic heterocycles. The molecule has 14 rings (SSSR count). The molecule has 0 saturated carbocycles. The van der Waals surface area contributed by atoms with E-state index in [-0.39, 0.29) is 0 Å². The van der Waals surface area contributed by atoms with Crippen molar-refractivity contribution in [2.45, 2.75) is 32.2 Å². The van der Waals surface area contributed by atoms with E-state index in [4.69, 9.17) is 4.99 Å². The summed E-state index contributed by atoms with van der Waals surface area (Å²) in [6, 6.07) is 66.1. The quantitative estimate of drug-likeness (QED) is 0.113. The van der Waals surface area contributed by atoms with Crippen molar-refractivity contribution in [3.05, 3.63) is 228 Å². The van der Waals surface area contributed by atoms with Crippen molar-refractivity contribution in [1.82, 2.24) is 18.3 Å². The van der Waals surface area contributed by atoms with Gasteiger partial charge in [0.2, 0.25) is 0 Å². The van der Waals surface area contributed by atoms with Crippen molar-refractivity contribution in [3.63, 3.8) is 0 Å². The number of amidine groups is 1. The Morgan fingerprint density at radius 1 is 0.420 bits per heavy atom. The molecule has 0 radical (unpaired) electrons. The number of benzene rings is 8. The number of aromatic nitrogens is 4. The van der Waals surface area contributed by atoms with Crippen LogP contribution in [0.1, 0.15) is 46.5 Å². The monoisotopic (exact) mass is 886 g/mol. The van der Waals surface area contributed by atoms with Gasteiger partial charge in [0.25, 0.3) is 0 Å². The molecule has 0 fully saturated rings. The number of aliphatic imine (C=N–C) groups is 2.